The van der Waals surface area contributed by atoms with E-state index in [0.29, 0.717) is 23.8 Å². The number of benzene rings is 2. The van der Waals surface area contributed by atoms with Crippen LogP contribution >= 0.6 is 0 Å². The Kier molecular flexibility index (Phi) is 5.37. The summed E-state index contributed by atoms with van der Waals surface area (Å²) in [5.41, 5.74) is 2.92. The molecule has 1 saturated heterocycles. The predicted octanol–water partition coefficient (Wildman–Crippen LogP) is 4.01. The molecule has 1 N–H and O–H groups in total. The van der Waals surface area contributed by atoms with E-state index in [9.17, 15) is 4.79 Å². The number of carbonyl (C=O) groups is 1. The molecule has 1 fully saturated rings. The monoisotopic (exact) mass is 376 g/mol. The van der Waals surface area contributed by atoms with Crippen molar-refractivity contribution in [1.29, 1.82) is 0 Å². The van der Waals surface area contributed by atoms with E-state index in [4.69, 9.17) is 4.52 Å². The van der Waals surface area contributed by atoms with Crippen molar-refractivity contribution in [3.8, 4) is 0 Å². The molecule has 1 aliphatic heterocycles. The van der Waals surface area contributed by atoms with Gasteiger partial charge in [-0.2, -0.15) is 4.98 Å². The maximum Gasteiger partial charge on any atom is 0.253 e. The maximum atomic E-state index is 12.9. The fraction of sp³-hybridized carbons (Fsp3) is 0.318. The summed E-state index contributed by atoms with van der Waals surface area (Å²) in [6, 6.07) is 17.9. The van der Waals surface area contributed by atoms with Gasteiger partial charge >= 0.3 is 0 Å². The fourth-order valence-electron chi connectivity index (χ4n) is 3.56. The Morgan fingerprint density at radius 2 is 1.96 bits per heavy atom. The summed E-state index contributed by atoms with van der Waals surface area (Å²) in [4.78, 5) is 19.1. The Bertz CT molecular complexity index is 921. The van der Waals surface area contributed by atoms with Gasteiger partial charge in [0, 0.05) is 30.9 Å². The first-order chi connectivity index (χ1) is 13.7. The van der Waals surface area contributed by atoms with Crippen molar-refractivity contribution in [2.45, 2.75) is 32.2 Å². The number of anilines is 1. The van der Waals surface area contributed by atoms with E-state index >= 15 is 0 Å². The normalized spacial score (nSPS) is 16.8. The number of hydrogen-bond donors (Lipinski definition) is 1. The second kappa shape index (κ2) is 8.25. The third-order valence-corrected chi connectivity index (χ3v) is 5.07. The first kappa shape index (κ1) is 18.2. The van der Waals surface area contributed by atoms with Gasteiger partial charge in [-0.05, 0) is 49.6 Å². The highest BCUT2D eigenvalue weighted by molar-refractivity contribution is 5.94. The molecular formula is C22H24N4O2. The molecule has 4 rings (SSSR count). The van der Waals surface area contributed by atoms with Crippen LogP contribution in [-0.4, -0.2) is 34.0 Å². The lowest BCUT2D eigenvalue weighted by Gasteiger charge is -2.31. The van der Waals surface area contributed by atoms with Gasteiger partial charge in [0.2, 0.25) is 5.89 Å². The van der Waals surface area contributed by atoms with E-state index in [1.54, 1.807) is 0 Å². The Balaban J connectivity index is 1.37. The minimum atomic E-state index is 0.0514. The molecule has 0 aliphatic carbocycles. The van der Waals surface area contributed by atoms with Crippen LogP contribution in [0, 0.1) is 6.92 Å². The van der Waals surface area contributed by atoms with Crippen LogP contribution < -0.4 is 5.32 Å². The van der Waals surface area contributed by atoms with Gasteiger partial charge in [0.15, 0.2) is 5.82 Å². The molecule has 1 aromatic heterocycles. The van der Waals surface area contributed by atoms with Crippen molar-refractivity contribution < 1.29 is 9.32 Å². The van der Waals surface area contributed by atoms with Gasteiger partial charge in [0.25, 0.3) is 5.91 Å². The van der Waals surface area contributed by atoms with Crippen LogP contribution in [0.4, 0.5) is 5.69 Å². The van der Waals surface area contributed by atoms with Gasteiger partial charge in [-0.15, -0.1) is 0 Å². The van der Waals surface area contributed by atoms with Crippen LogP contribution in [0.25, 0.3) is 0 Å². The zero-order valence-electron chi connectivity index (χ0n) is 16.0. The van der Waals surface area contributed by atoms with Crippen LogP contribution in [0.2, 0.25) is 0 Å². The van der Waals surface area contributed by atoms with Gasteiger partial charge in [-0.3, -0.25) is 4.79 Å². The van der Waals surface area contributed by atoms with Crippen molar-refractivity contribution in [3.05, 3.63) is 77.4 Å². The van der Waals surface area contributed by atoms with Crippen molar-refractivity contribution in [3.63, 3.8) is 0 Å². The largest absolute Gasteiger partial charge is 0.381 e. The highest BCUT2D eigenvalue weighted by atomic mass is 16.5. The number of rotatable bonds is 5. The van der Waals surface area contributed by atoms with Crippen molar-refractivity contribution in [1.82, 2.24) is 15.0 Å². The predicted molar refractivity (Wildman–Crippen MR) is 107 cm³/mol. The number of nitrogens with zero attached hydrogens (tertiary/aromatic N) is 3. The molecule has 6 heteroatoms. The molecule has 1 atom stereocenters. The zero-order chi connectivity index (χ0) is 19.3. The number of piperidine rings is 1. The summed E-state index contributed by atoms with van der Waals surface area (Å²) in [5, 5.41) is 7.26. The molecule has 1 unspecified atom stereocenters. The standard InChI is InChI=1S/C22H24N4O2/c1-16-24-21(28-25-16)19-8-5-13-26(15-19)22(27)18-9-11-20(12-10-18)23-14-17-6-3-2-4-7-17/h2-4,6-7,9-12,19,23H,5,8,13-15H2,1H3. The van der Waals surface area contributed by atoms with E-state index < -0.39 is 0 Å². The van der Waals surface area contributed by atoms with E-state index in [-0.39, 0.29) is 11.8 Å². The molecule has 0 spiro atoms. The molecule has 0 saturated carbocycles. The van der Waals surface area contributed by atoms with E-state index in [0.717, 1.165) is 31.6 Å². The third kappa shape index (κ3) is 4.22. The SMILES string of the molecule is Cc1noc(C2CCCN(C(=O)c3ccc(NCc4ccccc4)cc3)C2)n1. The Labute approximate surface area is 164 Å². The van der Waals surface area contributed by atoms with Gasteiger partial charge in [0.1, 0.15) is 0 Å². The average molecular weight is 376 g/mol. The summed E-state index contributed by atoms with van der Waals surface area (Å²) in [6.07, 6.45) is 1.91. The van der Waals surface area contributed by atoms with Gasteiger partial charge < -0.3 is 14.7 Å². The first-order valence-corrected chi connectivity index (χ1v) is 9.66. The number of aryl methyl sites for hydroxylation is 1. The van der Waals surface area contributed by atoms with Crippen molar-refractivity contribution >= 4 is 11.6 Å². The number of amides is 1. The molecule has 1 aliphatic rings. The van der Waals surface area contributed by atoms with E-state index in [1.165, 1.54) is 5.56 Å². The minimum Gasteiger partial charge on any atom is -0.381 e. The molecule has 144 valence electrons. The molecule has 6 nitrogen and oxygen atoms in total. The van der Waals surface area contributed by atoms with Gasteiger partial charge in [-0.1, -0.05) is 35.5 Å². The quantitative estimate of drug-likeness (QED) is 0.728. The topological polar surface area (TPSA) is 71.3 Å². The van der Waals surface area contributed by atoms with Gasteiger partial charge in [-0.25, -0.2) is 0 Å². The van der Waals surface area contributed by atoms with Crippen LogP contribution in [0.15, 0.2) is 59.1 Å². The molecular weight excluding hydrogens is 352 g/mol. The van der Waals surface area contributed by atoms with Crippen LogP contribution in [0.5, 0.6) is 0 Å². The zero-order valence-corrected chi connectivity index (χ0v) is 16.0. The van der Waals surface area contributed by atoms with Crippen LogP contribution in [0.3, 0.4) is 0 Å². The molecule has 3 aromatic rings. The average Bonchev–Trinajstić information content (AvgIpc) is 3.19. The Morgan fingerprint density at radius 3 is 2.68 bits per heavy atom. The number of likely N-dealkylation sites (tertiary alicyclic amines) is 1. The highest BCUT2D eigenvalue weighted by Gasteiger charge is 2.28. The fourth-order valence-corrected chi connectivity index (χ4v) is 3.56. The lowest BCUT2D eigenvalue weighted by Crippen LogP contribution is -2.39. The number of hydrogen-bond acceptors (Lipinski definition) is 5. The third-order valence-electron chi connectivity index (χ3n) is 5.07. The van der Waals surface area contributed by atoms with E-state index in [1.807, 2.05) is 54.3 Å². The van der Waals surface area contributed by atoms with Crippen LogP contribution in [-0.2, 0) is 6.54 Å². The summed E-state index contributed by atoms with van der Waals surface area (Å²) in [7, 11) is 0. The summed E-state index contributed by atoms with van der Waals surface area (Å²) in [6.45, 7) is 3.95. The second-order valence-corrected chi connectivity index (χ2v) is 7.19. The van der Waals surface area contributed by atoms with Crippen molar-refractivity contribution in [2.75, 3.05) is 18.4 Å². The van der Waals surface area contributed by atoms with Crippen molar-refractivity contribution in [2.24, 2.45) is 0 Å². The number of carbonyl (C=O) groups excluding carboxylic acids is 1. The smallest absolute Gasteiger partial charge is 0.253 e. The maximum absolute atomic E-state index is 12.9. The molecule has 28 heavy (non-hydrogen) atoms. The first-order valence-electron chi connectivity index (χ1n) is 9.66. The molecule has 2 heterocycles. The lowest BCUT2D eigenvalue weighted by molar-refractivity contribution is 0.0695. The lowest BCUT2D eigenvalue weighted by atomic mass is 9.97. The minimum absolute atomic E-state index is 0.0514. The summed E-state index contributed by atoms with van der Waals surface area (Å²) >= 11 is 0. The summed E-state index contributed by atoms with van der Waals surface area (Å²) in [5.74, 6) is 1.44. The molecule has 2 aromatic carbocycles. The second-order valence-electron chi connectivity index (χ2n) is 7.19. The molecule has 1 amide bonds. The Hall–Kier alpha value is -3.15. The molecule has 0 radical (unpaired) electrons. The number of nitrogens with one attached hydrogen (secondary N) is 1. The number of aromatic nitrogens is 2. The van der Waals surface area contributed by atoms with Gasteiger partial charge in [0.05, 0.1) is 5.92 Å². The Morgan fingerprint density at radius 1 is 1.18 bits per heavy atom. The van der Waals surface area contributed by atoms with E-state index in [2.05, 4.69) is 27.6 Å². The summed E-state index contributed by atoms with van der Waals surface area (Å²) < 4.78 is 5.31. The molecule has 0 bridgehead atoms. The highest BCUT2D eigenvalue weighted by Crippen LogP contribution is 2.26. The van der Waals surface area contributed by atoms with Crippen LogP contribution in [0.1, 0.15) is 46.4 Å².